The molecule has 0 radical (unpaired) electrons. The zero-order valence-electron chi connectivity index (χ0n) is 14.2. The van der Waals surface area contributed by atoms with Gasteiger partial charge in [0.05, 0.1) is 23.7 Å². The predicted octanol–water partition coefficient (Wildman–Crippen LogP) is 3.11. The van der Waals surface area contributed by atoms with Gasteiger partial charge in [-0.15, -0.1) is 0 Å². The van der Waals surface area contributed by atoms with Crippen molar-refractivity contribution >= 4 is 29.3 Å². The van der Waals surface area contributed by atoms with Crippen LogP contribution in [0, 0.1) is 0 Å². The molecular weight excluding hydrogens is 330 g/mol. The first-order valence-corrected chi connectivity index (χ1v) is 8.73. The lowest BCUT2D eigenvalue weighted by Gasteiger charge is -2.31. The maximum Gasteiger partial charge on any atom is 0.339 e. The minimum atomic E-state index is -0.466. The van der Waals surface area contributed by atoms with Crippen molar-refractivity contribution in [3.63, 3.8) is 0 Å². The van der Waals surface area contributed by atoms with E-state index in [9.17, 15) is 9.59 Å². The molecule has 0 spiro atoms. The standard InChI is InChI=1S/C17H24ClN3O3/c1-3-24-17(23)12-9-14(18)16(19-10-12)20-11-15(22)21(2)13-7-5-4-6-8-13/h9-10,13H,3-8,11H2,1-2H3,(H,19,20). The summed E-state index contributed by atoms with van der Waals surface area (Å²) in [6.07, 6.45) is 7.13. The van der Waals surface area contributed by atoms with Crippen molar-refractivity contribution in [2.75, 3.05) is 25.5 Å². The van der Waals surface area contributed by atoms with E-state index in [0.717, 1.165) is 12.8 Å². The Bertz CT molecular complexity index is 588. The molecule has 0 unspecified atom stereocenters. The van der Waals surface area contributed by atoms with Gasteiger partial charge in [-0.3, -0.25) is 4.79 Å². The van der Waals surface area contributed by atoms with E-state index in [1.807, 2.05) is 11.9 Å². The van der Waals surface area contributed by atoms with Crippen molar-refractivity contribution in [1.82, 2.24) is 9.88 Å². The van der Waals surface area contributed by atoms with Crippen molar-refractivity contribution in [2.24, 2.45) is 0 Å². The third-order valence-corrected chi connectivity index (χ3v) is 4.56. The number of carbonyl (C=O) groups is 2. The number of nitrogens with one attached hydrogen (secondary N) is 1. The molecule has 7 heteroatoms. The molecule has 1 aliphatic carbocycles. The number of carbonyl (C=O) groups excluding carboxylic acids is 2. The monoisotopic (exact) mass is 353 g/mol. The summed E-state index contributed by atoms with van der Waals surface area (Å²) < 4.78 is 4.90. The SMILES string of the molecule is CCOC(=O)c1cnc(NCC(=O)N(C)C2CCCCC2)c(Cl)c1. The topological polar surface area (TPSA) is 71.5 Å². The molecule has 1 aromatic rings. The number of halogens is 1. The molecule has 1 N–H and O–H groups in total. The minimum Gasteiger partial charge on any atom is -0.462 e. The highest BCUT2D eigenvalue weighted by Crippen LogP contribution is 2.23. The van der Waals surface area contributed by atoms with Crippen molar-refractivity contribution < 1.29 is 14.3 Å². The molecule has 1 heterocycles. The van der Waals surface area contributed by atoms with Gasteiger partial charge in [-0.2, -0.15) is 0 Å². The highest BCUT2D eigenvalue weighted by Gasteiger charge is 2.22. The largest absolute Gasteiger partial charge is 0.462 e. The van der Waals surface area contributed by atoms with Crippen LogP contribution < -0.4 is 5.32 Å². The molecule has 24 heavy (non-hydrogen) atoms. The third kappa shape index (κ3) is 4.84. The Balaban J connectivity index is 1.91. The van der Waals surface area contributed by atoms with Crippen molar-refractivity contribution in [3.05, 3.63) is 22.8 Å². The summed E-state index contributed by atoms with van der Waals surface area (Å²) in [5.41, 5.74) is 0.290. The van der Waals surface area contributed by atoms with Crippen LogP contribution in [0.3, 0.4) is 0 Å². The van der Waals surface area contributed by atoms with E-state index in [-0.39, 0.29) is 23.0 Å². The molecule has 0 aliphatic heterocycles. The third-order valence-electron chi connectivity index (χ3n) is 4.28. The van der Waals surface area contributed by atoms with E-state index in [1.165, 1.54) is 31.5 Å². The molecule has 1 amide bonds. The van der Waals surface area contributed by atoms with Crippen LogP contribution >= 0.6 is 11.6 Å². The van der Waals surface area contributed by atoms with Crippen LogP contribution in [0.5, 0.6) is 0 Å². The van der Waals surface area contributed by atoms with Crippen LogP contribution in [0.15, 0.2) is 12.3 Å². The molecule has 0 aromatic carbocycles. The summed E-state index contributed by atoms with van der Waals surface area (Å²) in [6, 6.07) is 1.81. The quantitative estimate of drug-likeness (QED) is 0.795. The molecule has 132 valence electrons. The van der Waals surface area contributed by atoms with E-state index in [1.54, 1.807) is 6.92 Å². The first-order chi connectivity index (χ1) is 11.5. The molecule has 2 rings (SSSR count). The van der Waals surface area contributed by atoms with Gasteiger partial charge in [-0.25, -0.2) is 9.78 Å². The molecule has 1 fully saturated rings. The first kappa shape index (κ1) is 18.5. The van der Waals surface area contributed by atoms with Crippen LogP contribution in [0.25, 0.3) is 0 Å². The number of esters is 1. The summed E-state index contributed by atoms with van der Waals surface area (Å²) in [7, 11) is 1.85. The van der Waals surface area contributed by atoms with E-state index in [4.69, 9.17) is 16.3 Å². The van der Waals surface area contributed by atoms with E-state index < -0.39 is 5.97 Å². The van der Waals surface area contributed by atoms with Crippen LogP contribution in [0.1, 0.15) is 49.4 Å². The second-order valence-electron chi connectivity index (χ2n) is 5.92. The average molecular weight is 354 g/mol. The number of rotatable bonds is 6. The van der Waals surface area contributed by atoms with Gasteiger partial charge in [0, 0.05) is 19.3 Å². The second kappa shape index (κ2) is 8.87. The smallest absolute Gasteiger partial charge is 0.339 e. The Morgan fingerprint density at radius 1 is 1.38 bits per heavy atom. The maximum absolute atomic E-state index is 12.3. The molecule has 1 aliphatic rings. The second-order valence-corrected chi connectivity index (χ2v) is 6.33. The maximum atomic E-state index is 12.3. The molecular formula is C17H24ClN3O3. The van der Waals surface area contributed by atoms with Crippen molar-refractivity contribution in [1.29, 1.82) is 0 Å². The Morgan fingerprint density at radius 2 is 2.08 bits per heavy atom. The van der Waals surface area contributed by atoms with Crippen LogP contribution in [0.2, 0.25) is 5.02 Å². The van der Waals surface area contributed by atoms with E-state index >= 15 is 0 Å². The van der Waals surface area contributed by atoms with Gasteiger partial charge in [0.25, 0.3) is 0 Å². The fourth-order valence-corrected chi connectivity index (χ4v) is 3.08. The molecule has 1 saturated carbocycles. The van der Waals surface area contributed by atoms with Crippen LogP contribution in [-0.4, -0.2) is 48.0 Å². The Morgan fingerprint density at radius 3 is 2.71 bits per heavy atom. The number of pyridine rings is 1. The highest BCUT2D eigenvalue weighted by atomic mass is 35.5. The van der Waals surface area contributed by atoms with Gasteiger partial charge >= 0.3 is 5.97 Å². The van der Waals surface area contributed by atoms with E-state index in [0.29, 0.717) is 18.5 Å². The zero-order valence-corrected chi connectivity index (χ0v) is 14.9. The summed E-state index contributed by atoms with van der Waals surface area (Å²) >= 11 is 6.13. The van der Waals surface area contributed by atoms with Gasteiger partial charge in [-0.05, 0) is 25.8 Å². The average Bonchev–Trinajstić information content (AvgIpc) is 2.60. The van der Waals surface area contributed by atoms with Gasteiger partial charge in [-0.1, -0.05) is 30.9 Å². The summed E-state index contributed by atoms with van der Waals surface area (Å²) in [5, 5.41) is 3.23. The number of hydrogen-bond donors (Lipinski definition) is 1. The summed E-state index contributed by atoms with van der Waals surface area (Å²) in [6.45, 7) is 2.15. The lowest BCUT2D eigenvalue weighted by Crippen LogP contribution is -2.41. The molecule has 0 bridgehead atoms. The summed E-state index contributed by atoms with van der Waals surface area (Å²) in [4.78, 5) is 29.9. The van der Waals surface area contributed by atoms with Crippen molar-refractivity contribution in [2.45, 2.75) is 45.1 Å². The molecule has 0 atom stereocenters. The Kier molecular flexibility index (Phi) is 6.85. The zero-order chi connectivity index (χ0) is 17.5. The molecule has 6 nitrogen and oxygen atoms in total. The number of ether oxygens (including phenoxy) is 1. The van der Waals surface area contributed by atoms with Gasteiger partial charge in [0.1, 0.15) is 5.82 Å². The normalized spacial score (nSPS) is 15.0. The lowest BCUT2D eigenvalue weighted by atomic mass is 9.94. The highest BCUT2D eigenvalue weighted by molar-refractivity contribution is 6.33. The summed E-state index contributed by atoms with van der Waals surface area (Å²) in [5.74, 6) is -0.0732. The van der Waals surface area contributed by atoms with Crippen LogP contribution in [0.4, 0.5) is 5.82 Å². The Hall–Kier alpha value is -1.82. The number of likely N-dealkylation sites (N-methyl/N-ethyl adjacent to an activating group) is 1. The first-order valence-electron chi connectivity index (χ1n) is 8.35. The molecule has 1 aromatic heterocycles. The number of hydrogen-bond acceptors (Lipinski definition) is 5. The Labute approximate surface area is 147 Å². The van der Waals surface area contributed by atoms with Crippen LogP contribution in [-0.2, 0) is 9.53 Å². The number of anilines is 1. The number of aromatic nitrogens is 1. The van der Waals surface area contributed by atoms with Gasteiger partial charge in [0.2, 0.25) is 5.91 Å². The van der Waals surface area contributed by atoms with Crippen molar-refractivity contribution in [3.8, 4) is 0 Å². The van der Waals surface area contributed by atoms with Gasteiger partial charge in [0.15, 0.2) is 0 Å². The van der Waals surface area contributed by atoms with Gasteiger partial charge < -0.3 is 15.0 Å². The molecule has 0 saturated heterocycles. The number of amides is 1. The fourth-order valence-electron chi connectivity index (χ4n) is 2.85. The van der Waals surface area contributed by atoms with E-state index in [2.05, 4.69) is 10.3 Å². The fraction of sp³-hybridized carbons (Fsp3) is 0.588. The number of nitrogens with zero attached hydrogens (tertiary/aromatic N) is 2. The predicted molar refractivity (Wildman–Crippen MR) is 93.3 cm³/mol. The minimum absolute atomic E-state index is 0.00855. The lowest BCUT2D eigenvalue weighted by molar-refractivity contribution is -0.130.